The zero-order valence-electron chi connectivity index (χ0n) is 14.9. The third-order valence-electron chi connectivity index (χ3n) is 4.21. The van der Waals surface area contributed by atoms with Crippen molar-refractivity contribution < 1.29 is 4.79 Å². The molecule has 1 amide bonds. The second-order valence-electron chi connectivity index (χ2n) is 6.24. The van der Waals surface area contributed by atoms with E-state index in [1.165, 1.54) is 6.33 Å². The van der Waals surface area contributed by atoms with Gasteiger partial charge in [0.15, 0.2) is 0 Å². The molecule has 0 aliphatic heterocycles. The maximum Gasteiger partial charge on any atom is 0.251 e. The summed E-state index contributed by atoms with van der Waals surface area (Å²) in [6.07, 6.45) is 6.77. The fraction of sp³-hybridized carbons (Fsp3) is 0.100. The third-order valence-corrected chi connectivity index (χ3v) is 4.46. The van der Waals surface area contributed by atoms with Crippen LogP contribution < -0.4 is 5.32 Å². The zero-order chi connectivity index (χ0) is 19.3. The van der Waals surface area contributed by atoms with Crippen molar-refractivity contribution >= 4 is 17.5 Å². The minimum Gasteiger partial charge on any atom is -0.348 e. The zero-order valence-corrected chi connectivity index (χ0v) is 15.6. The van der Waals surface area contributed by atoms with Crippen molar-refractivity contribution in [2.24, 2.45) is 0 Å². The molecular formula is C20H17ClN6O. The lowest BCUT2D eigenvalue weighted by atomic mass is 10.1. The first-order valence-electron chi connectivity index (χ1n) is 8.66. The number of nitrogens with one attached hydrogen (secondary N) is 1. The number of benzene rings is 2. The van der Waals surface area contributed by atoms with Crippen LogP contribution in [-0.4, -0.2) is 30.5 Å². The fourth-order valence-electron chi connectivity index (χ4n) is 2.73. The monoisotopic (exact) mass is 392 g/mol. The predicted molar refractivity (Wildman–Crippen MR) is 105 cm³/mol. The standard InChI is InChI=1S/C20H17ClN6O/c21-18-5-7-19(8-6-18)27-12-16(10-24-27)9-23-20(28)17-3-1-15(2-4-17)11-26-14-22-13-25-26/h1-8,10,12-14H,9,11H2,(H,23,28). The maximum atomic E-state index is 12.4. The molecule has 0 saturated carbocycles. The quantitative estimate of drug-likeness (QED) is 0.547. The van der Waals surface area contributed by atoms with Gasteiger partial charge in [-0.15, -0.1) is 0 Å². The summed E-state index contributed by atoms with van der Waals surface area (Å²) in [5.74, 6) is -0.133. The lowest BCUT2D eigenvalue weighted by Gasteiger charge is -2.06. The lowest BCUT2D eigenvalue weighted by molar-refractivity contribution is 0.0951. The van der Waals surface area contributed by atoms with Crippen LogP contribution in [0.3, 0.4) is 0 Å². The van der Waals surface area contributed by atoms with E-state index in [9.17, 15) is 4.79 Å². The van der Waals surface area contributed by atoms with Crippen molar-refractivity contribution in [3.05, 3.63) is 95.3 Å². The van der Waals surface area contributed by atoms with E-state index < -0.39 is 0 Å². The van der Waals surface area contributed by atoms with Gasteiger partial charge in [0.1, 0.15) is 12.7 Å². The van der Waals surface area contributed by atoms with E-state index >= 15 is 0 Å². The van der Waals surface area contributed by atoms with Crippen LogP contribution in [0.15, 0.2) is 73.6 Å². The normalized spacial score (nSPS) is 10.8. The van der Waals surface area contributed by atoms with Gasteiger partial charge in [-0.3, -0.25) is 4.79 Å². The molecule has 140 valence electrons. The van der Waals surface area contributed by atoms with Gasteiger partial charge in [-0.2, -0.15) is 10.2 Å². The fourth-order valence-corrected chi connectivity index (χ4v) is 2.86. The van der Waals surface area contributed by atoms with E-state index in [0.717, 1.165) is 16.8 Å². The topological polar surface area (TPSA) is 77.6 Å². The number of aromatic nitrogens is 5. The molecule has 4 aromatic rings. The van der Waals surface area contributed by atoms with E-state index in [1.807, 2.05) is 42.6 Å². The summed E-state index contributed by atoms with van der Waals surface area (Å²) in [4.78, 5) is 16.3. The molecule has 0 unspecified atom stereocenters. The molecule has 28 heavy (non-hydrogen) atoms. The molecule has 0 radical (unpaired) electrons. The molecule has 1 N–H and O–H groups in total. The number of rotatable bonds is 6. The SMILES string of the molecule is O=C(NCc1cnn(-c2ccc(Cl)cc2)c1)c1ccc(Cn2cncn2)cc1. The number of hydrogen-bond acceptors (Lipinski definition) is 4. The first kappa shape index (κ1) is 17.9. The number of halogens is 1. The van der Waals surface area contributed by atoms with Crippen LogP contribution in [0.5, 0.6) is 0 Å². The lowest BCUT2D eigenvalue weighted by Crippen LogP contribution is -2.22. The average Bonchev–Trinajstić information content (AvgIpc) is 3.39. The molecule has 0 aliphatic rings. The molecule has 4 rings (SSSR count). The van der Waals surface area contributed by atoms with Crippen LogP contribution >= 0.6 is 11.6 Å². The Morgan fingerprint density at radius 2 is 1.79 bits per heavy atom. The maximum absolute atomic E-state index is 12.4. The number of carbonyl (C=O) groups is 1. The summed E-state index contributed by atoms with van der Waals surface area (Å²) in [5.41, 5.74) is 3.47. The van der Waals surface area contributed by atoms with Crippen LogP contribution in [0, 0.1) is 0 Å². The Morgan fingerprint density at radius 1 is 1.00 bits per heavy atom. The van der Waals surface area contributed by atoms with Crippen molar-refractivity contribution in [3.8, 4) is 5.69 Å². The van der Waals surface area contributed by atoms with E-state index in [2.05, 4.69) is 20.5 Å². The number of nitrogens with zero attached hydrogens (tertiary/aromatic N) is 5. The van der Waals surface area contributed by atoms with Crippen molar-refractivity contribution in [1.82, 2.24) is 29.9 Å². The molecule has 0 atom stereocenters. The molecular weight excluding hydrogens is 376 g/mol. The molecule has 0 bridgehead atoms. The van der Waals surface area contributed by atoms with E-state index in [-0.39, 0.29) is 5.91 Å². The molecule has 0 saturated heterocycles. The van der Waals surface area contributed by atoms with Gasteiger partial charge in [0.2, 0.25) is 0 Å². The van der Waals surface area contributed by atoms with Crippen molar-refractivity contribution in [2.45, 2.75) is 13.1 Å². The highest BCUT2D eigenvalue weighted by Crippen LogP contribution is 2.13. The van der Waals surface area contributed by atoms with Gasteiger partial charge in [-0.05, 0) is 42.0 Å². The highest BCUT2D eigenvalue weighted by molar-refractivity contribution is 6.30. The molecule has 0 spiro atoms. The Hall–Kier alpha value is -3.45. The molecule has 7 nitrogen and oxygen atoms in total. The minimum absolute atomic E-state index is 0.133. The summed E-state index contributed by atoms with van der Waals surface area (Å²) in [6, 6.07) is 14.8. The Bertz CT molecular complexity index is 1060. The Balaban J connectivity index is 1.34. The van der Waals surface area contributed by atoms with Gasteiger partial charge in [0, 0.05) is 28.9 Å². The summed E-state index contributed by atoms with van der Waals surface area (Å²) < 4.78 is 3.48. The number of hydrogen-bond donors (Lipinski definition) is 1. The highest BCUT2D eigenvalue weighted by Gasteiger charge is 2.07. The average molecular weight is 393 g/mol. The van der Waals surface area contributed by atoms with Crippen LogP contribution in [0.1, 0.15) is 21.5 Å². The Kier molecular flexibility index (Phi) is 5.16. The Labute approximate surface area is 166 Å². The van der Waals surface area contributed by atoms with Crippen molar-refractivity contribution in [1.29, 1.82) is 0 Å². The first-order valence-corrected chi connectivity index (χ1v) is 9.04. The van der Waals surface area contributed by atoms with Crippen LogP contribution in [0.2, 0.25) is 5.02 Å². The molecule has 2 heterocycles. The van der Waals surface area contributed by atoms with E-state index in [0.29, 0.717) is 23.7 Å². The second-order valence-corrected chi connectivity index (χ2v) is 6.68. The predicted octanol–water partition coefficient (Wildman–Crippen LogP) is 3.10. The molecule has 0 fully saturated rings. The van der Waals surface area contributed by atoms with Gasteiger partial charge in [0.05, 0.1) is 18.4 Å². The molecule has 2 aromatic carbocycles. The van der Waals surface area contributed by atoms with Gasteiger partial charge >= 0.3 is 0 Å². The minimum atomic E-state index is -0.133. The second kappa shape index (κ2) is 8.06. The summed E-state index contributed by atoms with van der Waals surface area (Å²) >= 11 is 5.91. The van der Waals surface area contributed by atoms with Crippen molar-refractivity contribution in [3.63, 3.8) is 0 Å². The van der Waals surface area contributed by atoms with Gasteiger partial charge in [0.25, 0.3) is 5.91 Å². The third kappa shape index (κ3) is 4.27. The summed E-state index contributed by atoms with van der Waals surface area (Å²) in [7, 11) is 0. The number of amides is 1. The molecule has 0 aliphatic carbocycles. The van der Waals surface area contributed by atoms with Crippen LogP contribution in [0.25, 0.3) is 5.69 Å². The summed E-state index contributed by atoms with van der Waals surface area (Å²) in [6.45, 7) is 1.01. The first-order chi connectivity index (χ1) is 13.7. The Morgan fingerprint density at radius 3 is 2.50 bits per heavy atom. The van der Waals surface area contributed by atoms with Gasteiger partial charge in [-0.1, -0.05) is 23.7 Å². The van der Waals surface area contributed by atoms with E-state index in [1.54, 1.807) is 34.0 Å². The molecule has 8 heteroatoms. The number of carbonyl (C=O) groups excluding carboxylic acids is 1. The largest absolute Gasteiger partial charge is 0.348 e. The summed E-state index contributed by atoms with van der Waals surface area (Å²) in [5, 5.41) is 12.0. The van der Waals surface area contributed by atoms with Crippen molar-refractivity contribution in [2.75, 3.05) is 0 Å². The smallest absolute Gasteiger partial charge is 0.251 e. The van der Waals surface area contributed by atoms with Crippen LogP contribution in [0.4, 0.5) is 0 Å². The molecule has 2 aromatic heterocycles. The van der Waals surface area contributed by atoms with Gasteiger partial charge < -0.3 is 5.32 Å². The van der Waals surface area contributed by atoms with Crippen LogP contribution in [-0.2, 0) is 13.1 Å². The van der Waals surface area contributed by atoms with Gasteiger partial charge in [-0.25, -0.2) is 14.3 Å². The highest BCUT2D eigenvalue weighted by atomic mass is 35.5. The van der Waals surface area contributed by atoms with E-state index in [4.69, 9.17) is 11.6 Å².